The molecule has 0 unspecified atom stereocenters. The number of carbonyl (C=O) groups excluding carboxylic acids is 2. The summed E-state index contributed by atoms with van der Waals surface area (Å²) in [5.41, 5.74) is 2.26. The summed E-state index contributed by atoms with van der Waals surface area (Å²) >= 11 is 0. The van der Waals surface area contributed by atoms with Crippen molar-refractivity contribution in [3.05, 3.63) is 29.6 Å². The third-order valence-corrected chi connectivity index (χ3v) is 4.38. The van der Waals surface area contributed by atoms with Gasteiger partial charge in [0, 0.05) is 32.2 Å². The van der Waals surface area contributed by atoms with Crippen LogP contribution in [-0.4, -0.2) is 46.0 Å². The molecule has 2 N–H and O–H groups in total. The fraction of sp³-hybridized carbons (Fsp3) is 0.550. The highest BCUT2D eigenvalue weighted by Crippen LogP contribution is 2.18. The molecule has 148 valence electrons. The highest BCUT2D eigenvalue weighted by molar-refractivity contribution is 5.97. The van der Waals surface area contributed by atoms with Crippen LogP contribution in [0.2, 0.25) is 0 Å². The van der Waals surface area contributed by atoms with E-state index in [2.05, 4.69) is 29.5 Å². The summed E-state index contributed by atoms with van der Waals surface area (Å²) < 4.78 is 1.96. The molecular formula is C20H31N5O2. The minimum atomic E-state index is -0.111. The molecule has 0 saturated carbocycles. The van der Waals surface area contributed by atoms with E-state index < -0.39 is 0 Å². The quantitative estimate of drug-likeness (QED) is 0.783. The molecule has 0 aliphatic carbocycles. The van der Waals surface area contributed by atoms with Crippen molar-refractivity contribution >= 4 is 23.0 Å². The van der Waals surface area contributed by atoms with Crippen molar-refractivity contribution in [3.8, 4) is 0 Å². The van der Waals surface area contributed by atoms with E-state index in [4.69, 9.17) is 0 Å². The van der Waals surface area contributed by atoms with Crippen molar-refractivity contribution in [3.63, 3.8) is 0 Å². The lowest BCUT2D eigenvalue weighted by Crippen LogP contribution is -2.38. The molecule has 0 aliphatic heterocycles. The van der Waals surface area contributed by atoms with Gasteiger partial charge in [-0.3, -0.25) is 4.79 Å². The maximum Gasteiger partial charge on any atom is 0.317 e. The Morgan fingerprint density at radius 3 is 2.56 bits per heavy atom. The van der Waals surface area contributed by atoms with Crippen LogP contribution in [0.3, 0.4) is 0 Å². The molecule has 2 rings (SSSR count). The second-order valence-electron chi connectivity index (χ2n) is 7.69. The lowest BCUT2D eigenvalue weighted by atomic mass is 10.1. The van der Waals surface area contributed by atoms with Gasteiger partial charge in [-0.1, -0.05) is 13.8 Å². The number of nitrogens with one attached hydrogen (secondary N) is 2. The minimum absolute atomic E-state index is 0.0790. The minimum Gasteiger partial charge on any atom is -0.350 e. The molecule has 0 saturated heterocycles. The average Bonchev–Trinajstić information content (AvgIpc) is 2.89. The van der Waals surface area contributed by atoms with Crippen LogP contribution in [0.1, 0.15) is 50.3 Å². The molecule has 1 aromatic carbocycles. The van der Waals surface area contributed by atoms with Gasteiger partial charge in [0.05, 0.1) is 17.6 Å². The van der Waals surface area contributed by atoms with Crippen LogP contribution in [0.25, 0.3) is 11.0 Å². The van der Waals surface area contributed by atoms with Crippen molar-refractivity contribution in [2.24, 2.45) is 13.0 Å². The molecular weight excluding hydrogens is 342 g/mol. The number of nitrogens with zero attached hydrogens (tertiary/aromatic N) is 3. The molecule has 1 heterocycles. The Bertz CT molecular complexity index is 810. The summed E-state index contributed by atoms with van der Waals surface area (Å²) in [5.74, 6) is 1.21. The van der Waals surface area contributed by atoms with Crippen molar-refractivity contribution in [2.45, 2.75) is 46.7 Å². The van der Waals surface area contributed by atoms with Gasteiger partial charge in [-0.15, -0.1) is 0 Å². The van der Waals surface area contributed by atoms with E-state index >= 15 is 0 Å². The zero-order chi connectivity index (χ0) is 20.1. The molecule has 7 heteroatoms. The smallest absolute Gasteiger partial charge is 0.317 e. The second-order valence-corrected chi connectivity index (χ2v) is 7.69. The predicted octanol–water partition coefficient (Wildman–Crippen LogP) is 2.90. The number of imidazole rings is 1. The van der Waals surface area contributed by atoms with Gasteiger partial charge < -0.3 is 20.1 Å². The first-order chi connectivity index (χ1) is 12.7. The van der Waals surface area contributed by atoms with Crippen LogP contribution in [0.4, 0.5) is 4.79 Å². The Morgan fingerprint density at radius 2 is 1.93 bits per heavy atom. The molecule has 1 aromatic heterocycles. The van der Waals surface area contributed by atoms with Crippen LogP contribution in [0.15, 0.2) is 18.2 Å². The number of amides is 3. The van der Waals surface area contributed by atoms with Crippen molar-refractivity contribution in [2.75, 3.05) is 13.6 Å². The fourth-order valence-corrected chi connectivity index (χ4v) is 2.76. The van der Waals surface area contributed by atoms with Gasteiger partial charge in [0.25, 0.3) is 5.91 Å². The first kappa shape index (κ1) is 20.7. The number of aromatic nitrogens is 2. The summed E-state index contributed by atoms with van der Waals surface area (Å²) in [5, 5.41) is 5.81. The Morgan fingerprint density at radius 1 is 1.22 bits per heavy atom. The van der Waals surface area contributed by atoms with Gasteiger partial charge >= 0.3 is 6.03 Å². The number of benzene rings is 1. The molecule has 0 atom stereocenters. The average molecular weight is 374 g/mol. The third kappa shape index (κ3) is 5.45. The molecule has 0 radical (unpaired) electrons. The zero-order valence-electron chi connectivity index (χ0n) is 17.2. The van der Waals surface area contributed by atoms with Crippen LogP contribution in [-0.2, 0) is 13.6 Å². The van der Waals surface area contributed by atoms with Crippen LogP contribution < -0.4 is 10.6 Å². The lowest BCUT2D eigenvalue weighted by Gasteiger charge is -2.18. The molecule has 0 fully saturated rings. The van der Waals surface area contributed by atoms with E-state index in [0.29, 0.717) is 24.6 Å². The van der Waals surface area contributed by atoms with Gasteiger partial charge in [0.2, 0.25) is 0 Å². The van der Waals surface area contributed by atoms with Crippen LogP contribution >= 0.6 is 0 Å². The molecule has 0 spiro atoms. The van der Waals surface area contributed by atoms with Gasteiger partial charge in [-0.2, -0.15) is 0 Å². The summed E-state index contributed by atoms with van der Waals surface area (Å²) in [6, 6.07) is 5.45. The Kier molecular flexibility index (Phi) is 6.82. The molecule has 0 bridgehead atoms. The SMILES string of the molecule is CC(C)CCNC(=O)N(C)Cc1nc2cc(C(=O)NC(C)C)ccc2n1C. The number of hydrogen-bond acceptors (Lipinski definition) is 3. The maximum atomic E-state index is 12.2. The standard InChI is InChI=1S/C20H31N5O2/c1-13(2)9-10-21-20(27)24(5)12-18-23-16-11-15(19(26)22-14(3)4)7-8-17(16)25(18)6/h7-8,11,13-14H,9-10,12H2,1-6H3,(H,21,27)(H,22,26). The summed E-state index contributed by atoms with van der Waals surface area (Å²) in [6.45, 7) is 9.18. The lowest BCUT2D eigenvalue weighted by molar-refractivity contribution is 0.0943. The summed E-state index contributed by atoms with van der Waals surface area (Å²) in [6.07, 6.45) is 0.951. The van der Waals surface area contributed by atoms with E-state index in [1.807, 2.05) is 31.5 Å². The largest absolute Gasteiger partial charge is 0.350 e. The molecule has 7 nitrogen and oxygen atoms in total. The van der Waals surface area contributed by atoms with E-state index in [9.17, 15) is 9.59 Å². The molecule has 27 heavy (non-hydrogen) atoms. The van der Waals surface area contributed by atoms with Crippen molar-refractivity contribution < 1.29 is 9.59 Å². The number of urea groups is 1. The van der Waals surface area contributed by atoms with Gasteiger partial charge in [-0.25, -0.2) is 9.78 Å². The van der Waals surface area contributed by atoms with E-state index in [-0.39, 0.29) is 18.0 Å². The first-order valence-electron chi connectivity index (χ1n) is 9.44. The van der Waals surface area contributed by atoms with E-state index in [1.54, 1.807) is 24.1 Å². The number of rotatable bonds is 7. The molecule has 0 aliphatic rings. The van der Waals surface area contributed by atoms with E-state index in [1.165, 1.54) is 0 Å². The van der Waals surface area contributed by atoms with E-state index in [0.717, 1.165) is 23.3 Å². The zero-order valence-corrected chi connectivity index (χ0v) is 17.2. The second kappa shape index (κ2) is 8.88. The summed E-state index contributed by atoms with van der Waals surface area (Å²) in [7, 11) is 3.68. The molecule has 2 aromatic rings. The number of hydrogen-bond donors (Lipinski definition) is 2. The van der Waals surface area contributed by atoms with Crippen molar-refractivity contribution in [1.82, 2.24) is 25.1 Å². The predicted molar refractivity (Wildman–Crippen MR) is 108 cm³/mol. The third-order valence-electron chi connectivity index (χ3n) is 4.38. The number of carbonyl (C=O) groups is 2. The Balaban J connectivity index is 2.11. The van der Waals surface area contributed by atoms with Crippen molar-refractivity contribution in [1.29, 1.82) is 0 Å². The molecule has 3 amide bonds. The maximum absolute atomic E-state index is 12.2. The summed E-state index contributed by atoms with van der Waals surface area (Å²) in [4.78, 5) is 30.7. The monoisotopic (exact) mass is 373 g/mol. The van der Waals surface area contributed by atoms with Crippen LogP contribution in [0.5, 0.6) is 0 Å². The van der Waals surface area contributed by atoms with Gasteiger partial charge in [0.15, 0.2) is 0 Å². The van der Waals surface area contributed by atoms with Gasteiger partial charge in [-0.05, 0) is 44.4 Å². The first-order valence-corrected chi connectivity index (χ1v) is 9.44. The number of fused-ring (bicyclic) bond motifs is 1. The van der Waals surface area contributed by atoms with Crippen LogP contribution in [0, 0.1) is 5.92 Å². The highest BCUT2D eigenvalue weighted by Gasteiger charge is 2.15. The van der Waals surface area contributed by atoms with Gasteiger partial charge in [0.1, 0.15) is 5.82 Å². The fourth-order valence-electron chi connectivity index (χ4n) is 2.76. The Hall–Kier alpha value is -2.57. The number of aryl methyl sites for hydroxylation is 1. The topological polar surface area (TPSA) is 79.3 Å². The highest BCUT2D eigenvalue weighted by atomic mass is 16.2. The Labute approximate surface area is 161 Å². The normalized spacial score (nSPS) is 11.3.